The van der Waals surface area contributed by atoms with Crippen molar-refractivity contribution in [2.45, 2.75) is 38.1 Å². The highest BCUT2D eigenvalue weighted by Crippen LogP contribution is 2.24. The molecule has 1 amide bonds. The lowest BCUT2D eigenvalue weighted by Crippen LogP contribution is -2.36. The number of hydrogen-bond donors (Lipinski definition) is 1. The van der Waals surface area contributed by atoms with Crippen molar-refractivity contribution in [1.82, 2.24) is 10.2 Å². The predicted octanol–water partition coefficient (Wildman–Crippen LogP) is 3.69. The van der Waals surface area contributed by atoms with Crippen LogP contribution in [0.15, 0.2) is 47.1 Å². The second-order valence-corrected chi connectivity index (χ2v) is 6.56. The summed E-state index contributed by atoms with van der Waals surface area (Å²) in [7, 11) is 0. The Labute approximate surface area is 148 Å². The Balaban J connectivity index is 1.44. The minimum absolute atomic E-state index is 0.0536. The Kier molecular flexibility index (Phi) is 6.23. The Hall–Kier alpha value is -2.14. The van der Waals surface area contributed by atoms with Gasteiger partial charge < -0.3 is 9.73 Å². The zero-order valence-corrected chi connectivity index (χ0v) is 14.4. The topological polar surface area (TPSA) is 45.5 Å². The highest BCUT2D eigenvalue weighted by atomic mass is 19.1. The van der Waals surface area contributed by atoms with E-state index in [4.69, 9.17) is 4.42 Å². The summed E-state index contributed by atoms with van der Waals surface area (Å²) in [6.45, 7) is 2.67. The molecule has 3 rings (SSSR count). The molecule has 1 aliphatic heterocycles. The second kappa shape index (κ2) is 8.81. The van der Waals surface area contributed by atoms with E-state index < -0.39 is 0 Å². The average molecular weight is 344 g/mol. The molecule has 0 radical (unpaired) electrons. The quantitative estimate of drug-likeness (QED) is 0.794. The van der Waals surface area contributed by atoms with Gasteiger partial charge in [-0.25, -0.2) is 4.39 Å². The number of hydrogen-bond acceptors (Lipinski definition) is 3. The number of benzene rings is 1. The number of likely N-dealkylation sites (tertiary alicyclic amines) is 1. The summed E-state index contributed by atoms with van der Waals surface area (Å²) in [6.07, 6.45) is 6.09. The summed E-state index contributed by atoms with van der Waals surface area (Å²) in [4.78, 5) is 14.5. The van der Waals surface area contributed by atoms with Gasteiger partial charge in [0.2, 0.25) is 5.91 Å². The first-order chi connectivity index (χ1) is 12.2. The lowest BCUT2D eigenvalue weighted by Gasteiger charge is -2.26. The van der Waals surface area contributed by atoms with E-state index in [9.17, 15) is 9.18 Å². The van der Waals surface area contributed by atoms with Crippen molar-refractivity contribution in [3.05, 3.63) is 59.8 Å². The monoisotopic (exact) mass is 344 g/mol. The van der Waals surface area contributed by atoms with Crippen LogP contribution in [0.1, 0.15) is 43.0 Å². The van der Waals surface area contributed by atoms with Crippen LogP contribution in [0.5, 0.6) is 0 Å². The van der Waals surface area contributed by atoms with E-state index in [2.05, 4.69) is 10.2 Å². The molecule has 1 fully saturated rings. The maximum absolute atomic E-state index is 12.9. The lowest BCUT2D eigenvalue weighted by molar-refractivity contribution is -0.121. The van der Waals surface area contributed by atoms with E-state index in [0.29, 0.717) is 13.0 Å². The minimum Gasteiger partial charge on any atom is -0.468 e. The van der Waals surface area contributed by atoms with Crippen molar-refractivity contribution in [2.75, 3.05) is 19.6 Å². The van der Waals surface area contributed by atoms with Crippen molar-refractivity contribution in [3.8, 4) is 0 Å². The van der Waals surface area contributed by atoms with E-state index in [1.54, 1.807) is 18.4 Å². The number of nitrogens with one attached hydrogen (secondary N) is 1. The summed E-state index contributed by atoms with van der Waals surface area (Å²) in [6, 6.07) is 10.4. The Morgan fingerprint density at radius 1 is 1.20 bits per heavy atom. The van der Waals surface area contributed by atoms with Gasteiger partial charge in [0, 0.05) is 13.0 Å². The van der Waals surface area contributed by atoms with Crippen LogP contribution in [0, 0.1) is 5.82 Å². The van der Waals surface area contributed by atoms with Crippen LogP contribution < -0.4 is 5.32 Å². The van der Waals surface area contributed by atoms with Crippen molar-refractivity contribution >= 4 is 5.91 Å². The molecule has 4 nitrogen and oxygen atoms in total. The molecule has 1 unspecified atom stereocenters. The Morgan fingerprint density at radius 3 is 2.64 bits per heavy atom. The van der Waals surface area contributed by atoms with E-state index in [1.165, 1.54) is 25.0 Å². The number of aryl methyl sites for hydroxylation is 1. The van der Waals surface area contributed by atoms with Crippen LogP contribution >= 0.6 is 0 Å². The molecule has 25 heavy (non-hydrogen) atoms. The van der Waals surface area contributed by atoms with Crippen LogP contribution in [0.3, 0.4) is 0 Å². The number of furan rings is 1. The van der Waals surface area contributed by atoms with Gasteiger partial charge >= 0.3 is 0 Å². The van der Waals surface area contributed by atoms with E-state index in [0.717, 1.165) is 37.3 Å². The fourth-order valence-electron chi connectivity index (χ4n) is 3.35. The largest absolute Gasteiger partial charge is 0.468 e. The number of carbonyl (C=O) groups excluding carboxylic acids is 1. The zero-order chi connectivity index (χ0) is 17.5. The lowest BCUT2D eigenvalue weighted by atomic mass is 10.1. The molecular weight excluding hydrogens is 319 g/mol. The molecule has 0 bridgehead atoms. The first-order valence-corrected chi connectivity index (χ1v) is 9.01. The van der Waals surface area contributed by atoms with Gasteiger partial charge in [0.25, 0.3) is 0 Å². The van der Waals surface area contributed by atoms with Gasteiger partial charge in [0.15, 0.2) is 0 Å². The summed E-state index contributed by atoms with van der Waals surface area (Å²) in [5, 5.41) is 3.04. The first kappa shape index (κ1) is 17.7. The summed E-state index contributed by atoms with van der Waals surface area (Å²) in [5.41, 5.74) is 1.06. The van der Waals surface area contributed by atoms with Crippen molar-refractivity contribution in [1.29, 1.82) is 0 Å². The third kappa shape index (κ3) is 5.16. The maximum Gasteiger partial charge on any atom is 0.220 e. The van der Waals surface area contributed by atoms with Gasteiger partial charge in [-0.2, -0.15) is 0 Å². The zero-order valence-electron chi connectivity index (χ0n) is 14.4. The standard InChI is InChI=1S/C20H25FN2O2/c21-17-10-8-16(9-11-17)5-3-7-20(24)22-15-18(19-6-4-14-25-19)23-12-1-2-13-23/h4,6,8-11,14,18H,1-3,5,7,12-13,15H2,(H,22,24). The number of nitrogens with zero attached hydrogens (tertiary/aromatic N) is 1. The summed E-state index contributed by atoms with van der Waals surface area (Å²) < 4.78 is 18.4. The molecule has 5 heteroatoms. The van der Waals surface area contributed by atoms with Gasteiger partial charge in [0.05, 0.1) is 12.3 Å². The molecule has 0 saturated carbocycles. The van der Waals surface area contributed by atoms with Crippen LogP contribution in [-0.4, -0.2) is 30.4 Å². The normalized spacial score (nSPS) is 16.0. The first-order valence-electron chi connectivity index (χ1n) is 9.01. The van der Waals surface area contributed by atoms with Gasteiger partial charge in [0.1, 0.15) is 11.6 Å². The van der Waals surface area contributed by atoms with Crippen LogP contribution in [-0.2, 0) is 11.2 Å². The van der Waals surface area contributed by atoms with E-state index in [-0.39, 0.29) is 17.8 Å². The Morgan fingerprint density at radius 2 is 1.96 bits per heavy atom. The molecule has 134 valence electrons. The number of halogens is 1. The molecule has 1 aromatic carbocycles. The van der Waals surface area contributed by atoms with Crippen LogP contribution in [0.4, 0.5) is 4.39 Å². The van der Waals surface area contributed by atoms with Crippen molar-refractivity contribution < 1.29 is 13.6 Å². The van der Waals surface area contributed by atoms with Crippen LogP contribution in [0.2, 0.25) is 0 Å². The number of rotatable bonds is 8. The van der Waals surface area contributed by atoms with E-state index >= 15 is 0 Å². The van der Waals surface area contributed by atoms with Crippen molar-refractivity contribution in [3.63, 3.8) is 0 Å². The molecule has 1 saturated heterocycles. The fourth-order valence-corrected chi connectivity index (χ4v) is 3.35. The number of amides is 1. The third-order valence-corrected chi connectivity index (χ3v) is 4.73. The molecule has 0 aliphatic carbocycles. The summed E-state index contributed by atoms with van der Waals surface area (Å²) >= 11 is 0. The average Bonchev–Trinajstić information content (AvgIpc) is 3.31. The molecule has 1 atom stereocenters. The molecule has 1 aromatic heterocycles. The van der Waals surface area contributed by atoms with Crippen LogP contribution in [0.25, 0.3) is 0 Å². The Bertz CT molecular complexity index is 649. The maximum atomic E-state index is 12.9. The van der Waals surface area contributed by atoms with Gasteiger partial charge in [-0.05, 0) is 68.6 Å². The number of carbonyl (C=O) groups is 1. The molecule has 1 aliphatic rings. The summed E-state index contributed by atoms with van der Waals surface area (Å²) in [5.74, 6) is 0.735. The highest BCUT2D eigenvalue weighted by molar-refractivity contribution is 5.75. The van der Waals surface area contributed by atoms with E-state index in [1.807, 2.05) is 12.1 Å². The predicted molar refractivity (Wildman–Crippen MR) is 94.6 cm³/mol. The second-order valence-electron chi connectivity index (χ2n) is 6.56. The molecule has 2 heterocycles. The van der Waals surface area contributed by atoms with Gasteiger partial charge in [-0.1, -0.05) is 12.1 Å². The molecule has 2 aromatic rings. The molecular formula is C20H25FN2O2. The fraction of sp³-hybridized carbons (Fsp3) is 0.450. The van der Waals surface area contributed by atoms with Gasteiger partial charge in [-0.15, -0.1) is 0 Å². The smallest absolute Gasteiger partial charge is 0.220 e. The van der Waals surface area contributed by atoms with Crippen molar-refractivity contribution in [2.24, 2.45) is 0 Å². The SMILES string of the molecule is O=C(CCCc1ccc(F)cc1)NCC(c1ccco1)N1CCCC1. The molecule has 1 N–H and O–H groups in total. The van der Waals surface area contributed by atoms with Gasteiger partial charge in [-0.3, -0.25) is 9.69 Å². The third-order valence-electron chi connectivity index (χ3n) is 4.73. The highest BCUT2D eigenvalue weighted by Gasteiger charge is 2.25. The molecule has 0 spiro atoms. The minimum atomic E-state index is -0.229.